The van der Waals surface area contributed by atoms with Gasteiger partial charge in [0.1, 0.15) is 0 Å². The van der Waals surface area contributed by atoms with E-state index in [2.05, 4.69) is 31.7 Å². The van der Waals surface area contributed by atoms with Crippen molar-refractivity contribution in [1.82, 2.24) is 4.90 Å². The number of rotatable bonds is 4. The predicted molar refractivity (Wildman–Crippen MR) is 75.7 cm³/mol. The van der Waals surface area contributed by atoms with Gasteiger partial charge in [0.15, 0.2) is 0 Å². The minimum absolute atomic E-state index is 0.0157. The molecule has 1 fully saturated rings. The smallest absolute Gasteiger partial charge is 0.249 e. The summed E-state index contributed by atoms with van der Waals surface area (Å²) in [5, 5.41) is 8.92. The predicted octanol–water partition coefficient (Wildman–Crippen LogP) is 2.60. The molecule has 0 aliphatic carbocycles. The van der Waals surface area contributed by atoms with Crippen LogP contribution in [0, 0.1) is 6.92 Å². The van der Waals surface area contributed by atoms with Gasteiger partial charge in [-0.25, -0.2) is 0 Å². The highest BCUT2D eigenvalue weighted by Crippen LogP contribution is 2.33. The van der Waals surface area contributed by atoms with E-state index < -0.39 is 0 Å². The van der Waals surface area contributed by atoms with Crippen molar-refractivity contribution in [2.45, 2.75) is 32.2 Å². The Balaban J connectivity index is 2.17. The molecular formula is C16H21NO2. The van der Waals surface area contributed by atoms with E-state index >= 15 is 0 Å². The Morgan fingerprint density at radius 1 is 1.53 bits per heavy atom. The molecule has 0 saturated carbocycles. The number of benzene rings is 1. The highest BCUT2D eigenvalue weighted by Gasteiger charge is 2.30. The lowest BCUT2D eigenvalue weighted by molar-refractivity contribution is -0.128. The Labute approximate surface area is 114 Å². The zero-order valence-corrected chi connectivity index (χ0v) is 11.4. The first-order valence-corrected chi connectivity index (χ1v) is 6.79. The summed E-state index contributed by atoms with van der Waals surface area (Å²) in [5.74, 6) is -0.0157. The van der Waals surface area contributed by atoms with Crippen LogP contribution < -0.4 is 0 Å². The molecule has 0 radical (unpaired) electrons. The summed E-state index contributed by atoms with van der Waals surface area (Å²) in [6.45, 7) is 6.61. The van der Waals surface area contributed by atoms with E-state index in [1.807, 2.05) is 11.0 Å². The SMILES string of the molecule is C=C(CCO)C(=O)N1CCCC1c1cccc(C)c1. The summed E-state index contributed by atoms with van der Waals surface area (Å²) in [7, 11) is 0. The third-order valence-corrected chi connectivity index (χ3v) is 3.66. The van der Waals surface area contributed by atoms with Gasteiger partial charge in [-0.2, -0.15) is 0 Å². The first kappa shape index (κ1) is 13.8. The van der Waals surface area contributed by atoms with Crippen LogP contribution in [0.3, 0.4) is 0 Å². The molecule has 1 aromatic rings. The second kappa shape index (κ2) is 6.02. The Kier molecular flexibility index (Phi) is 4.38. The number of aliphatic hydroxyl groups excluding tert-OH is 1. The Morgan fingerprint density at radius 2 is 2.32 bits per heavy atom. The number of carbonyl (C=O) groups is 1. The van der Waals surface area contributed by atoms with Crippen LogP contribution in [-0.2, 0) is 4.79 Å². The molecule has 1 aliphatic rings. The standard InChI is InChI=1S/C16H21NO2/c1-12-5-3-6-14(11-12)15-7-4-9-17(15)16(19)13(2)8-10-18/h3,5-6,11,15,18H,2,4,7-10H2,1H3. The fraction of sp³-hybridized carbons (Fsp3) is 0.438. The van der Waals surface area contributed by atoms with Crippen LogP contribution in [-0.4, -0.2) is 29.1 Å². The lowest BCUT2D eigenvalue weighted by atomic mass is 10.0. The van der Waals surface area contributed by atoms with E-state index in [9.17, 15) is 4.79 Å². The topological polar surface area (TPSA) is 40.5 Å². The van der Waals surface area contributed by atoms with Gasteiger partial charge < -0.3 is 10.0 Å². The van der Waals surface area contributed by atoms with Gasteiger partial charge in [0.25, 0.3) is 0 Å². The van der Waals surface area contributed by atoms with Crippen molar-refractivity contribution in [2.24, 2.45) is 0 Å². The largest absolute Gasteiger partial charge is 0.396 e. The molecule has 1 aromatic carbocycles. The summed E-state index contributed by atoms with van der Waals surface area (Å²) in [6.07, 6.45) is 2.38. The highest BCUT2D eigenvalue weighted by molar-refractivity contribution is 5.93. The molecule has 3 heteroatoms. The average Bonchev–Trinajstić information content (AvgIpc) is 2.87. The quantitative estimate of drug-likeness (QED) is 0.844. The maximum absolute atomic E-state index is 12.3. The van der Waals surface area contributed by atoms with Crippen molar-refractivity contribution < 1.29 is 9.90 Å². The van der Waals surface area contributed by atoms with Crippen LogP contribution in [0.5, 0.6) is 0 Å². The number of amides is 1. The summed E-state index contributed by atoms with van der Waals surface area (Å²) in [5.41, 5.74) is 2.91. The first-order valence-electron chi connectivity index (χ1n) is 6.79. The van der Waals surface area contributed by atoms with Crippen LogP contribution in [0.4, 0.5) is 0 Å². The number of nitrogens with zero attached hydrogens (tertiary/aromatic N) is 1. The lowest BCUT2D eigenvalue weighted by Crippen LogP contribution is -2.31. The normalized spacial score (nSPS) is 18.6. The van der Waals surface area contributed by atoms with Gasteiger partial charge >= 0.3 is 0 Å². The molecule has 1 saturated heterocycles. The molecule has 0 bridgehead atoms. The van der Waals surface area contributed by atoms with Crippen molar-refractivity contribution in [1.29, 1.82) is 0 Å². The molecule has 3 nitrogen and oxygen atoms in total. The van der Waals surface area contributed by atoms with E-state index in [0.717, 1.165) is 19.4 Å². The van der Waals surface area contributed by atoms with Crippen LogP contribution in [0.25, 0.3) is 0 Å². The van der Waals surface area contributed by atoms with Gasteiger partial charge in [0.2, 0.25) is 5.91 Å². The molecule has 0 aromatic heterocycles. The molecule has 1 aliphatic heterocycles. The van der Waals surface area contributed by atoms with Crippen LogP contribution in [0.1, 0.15) is 36.4 Å². The summed E-state index contributed by atoms with van der Waals surface area (Å²) in [4.78, 5) is 14.2. The minimum Gasteiger partial charge on any atom is -0.396 e. The highest BCUT2D eigenvalue weighted by atomic mass is 16.3. The molecule has 1 N–H and O–H groups in total. The van der Waals surface area contributed by atoms with Crippen molar-refractivity contribution in [2.75, 3.05) is 13.2 Å². The van der Waals surface area contributed by atoms with E-state index in [1.165, 1.54) is 11.1 Å². The second-order valence-corrected chi connectivity index (χ2v) is 5.15. The second-order valence-electron chi connectivity index (χ2n) is 5.15. The average molecular weight is 259 g/mol. The van der Waals surface area contributed by atoms with E-state index in [0.29, 0.717) is 12.0 Å². The molecule has 102 valence electrons. The summed E-state index contributed by atoms with van der Waals surface area (Å²) < 4.78 is 0. The molecule has 1 heterocycles. The van der Waals surface area contributed by atoms with Crippen molar-refractivity contribution >= 4 is 5.91 Å². The Bertz CT molecular complexity index is 481. The van der Waals surface area contributed by atoms with Crippen molar-refractivity contribution in [3.8, 4) is 0 Å². The molecule has 1 unspecified atom stereocenters. The first-order chi connectivity index (χ1) is 9.13. The maximum Gasteiger partial charge on any atom is 0.249 e. The number of likely N-dealkylation sites (tertiary alicyclic amines) is 1. The molecule has 1 atom stereocenters. The van der Waals surface area contributed by atoms with Crippen LogP contribution in [0.15, 0.2) is 36.4 Å². The van der Waals surface area contributed by atoms with Crippen molar-refractivity contribution in [3.63, 3.8) is 0 Å². The van der Waals surface area contributed by atoms with E-state index in [-0.39, 0.29) is 18.6 Å². The summed E-state index contributed by atoms with van der Waals surface area (Å²) in [6, 6.07) is 8.48. The molecule has 1 amide bonds. The van der Waals surface area contributed by atoms with Gasteiger partial charge in [-0.1, -0.05) is 36.4 Å². The third-order valence-electron chi connectivity index (χ3n) is 3.66. The molecular weight excluding hydrogens is 238 g/mol. The zero-order chi connectivity index (χ0) is 13.8. The van der Waals surface area contributed by atoms with Gasteiger partial charge in [0.05, 0.1) is 6.04 Å². The number of aliphatic hydroxyl groups is 1. The van der Waals surface area contributed by atoms with E-state index in [4.69, 9.17) is 5.11 Å². The van der Waals surface area contributed by atoms with Gasteiger partial charge in [-0.15, -0.1) is 0 Å². The van der Waals surface area contributed by atoms with Crippen LogP contribution >= 0.6 is 0 Å². The monoisotopic (exact) mass is 259 g/mol. The van der Waals surface area contributed by atoms with Gasteiger partial charge in [0, 0.05) is 25.1 Å². The Hall–Kier alpha value is -1.61. The van der Waals surface area contributed by atoms with Gasteiger partial charge in [-0.3, -0.25) is 4.79 Å². The number of hydrogen-bond acceptors (Lipinski definition) is 2. The maximum atomic E-state index is 12.3. The molecule has 0 spiro atoms. The fourth-order valence-electron chi connectivity index (χ4n) is 2.68. The fourth-order valence-corrected chi connectivity index (χ4v) is 2.68. The Morgan fingerprint density at radius 3 is 3.00 bits per heavy atom. The van der Waals surface area contributed by atoms with Crippen LogP contribution in [0.2, 0.25) is 0 Å². The van der Waals surface area contributed by atoms with Gasteiger partial charge in [-0.05, 0) is 25.3 Å². The third kappa shape index (κ3) is 3.04. The number of aryl methyl sites for hydroxylation is 1. The van der Waals surface area contributed by atoms with E-state index in [1.54, 1.807) is 0 Å². The molecule has 2 rings (SSSR count). The number of hydrogen-bond donors (Lipinski definition) is 1. The lowest BCUT2D eigenvalue weighted by Gasteiger charge is -2.26. The number of carbonyl (C=O) groups excluding carboxylic acids is 1. The minimum atomic E-state index is -0.0203. The summed E-state index contributed by atoms with van der Waals surface area (Å²) >= 11 is 0. The molecule has 19 heavy (non-hydrogen) atoms. The van der Waals surface area contributed by atoms with Crippen molar-refractivity contribution in [3.05, 3.63) is 47.5 Å². The zero-order valence-electron chi connectivity index (χ0n) is 11.4.